The van der Waals surface area contributed by atoms with E-state index in [1.54, 1.807) is 12.1 Å². The van der Waals surface area contributed by atoms with Gasteiger partial charge in [0.2, 0.25) is 0 Å². The fraction of sp³-hybridized carbons (Fsp3) is 0.230. The maximum absolute atomic E-state index is 14.1. The maximum Gasteiger partial charge on any atom is 0.416 e. The Hall–Kier alpha value is -8.42. The number of halogens is 3. The molecular formula is C74H67F3N4. The molecule has 13 rings (SSSR count). The van der Waals surface area contributed by atoms with Gasteiger partial charge in [-0.15, -0.1) is 0 Å². The zero-order chi connectivity index (χ0) is 56.9. The SMILES string of the molecule is CC(C)(C)c1ccc2c(c1)c1cc(C(C)(C)C)ccc1n2-c1cc(-c2ccc(-c3nc4c5ccccc5c5ccccc5c4n3-c3ccc(C(F)(F)F)cc3)cc2)cc(-n2c3ccc(C(C)(C)C)cc3c3cc(C(C)(C)C)ccc32)c1. The summed E-state index contributed by atoms with van der Waals surface area (Å²) >= 11 is 0. The summed E-state index contributed by atoms with van der Waals surface area (Å²) in [4.78, 5) is 5.44. The molecule has 0 spiro atoms. The van der Waals surface area contributed by atoms with E-state index >= 15 is 0 Å². The third-order valence-corrected chi connectivity index (χ3v) is 16.9. The molecule has 4 nitrogen and oxygen atoms in total. The Morgan fingerprint density at radius 1 is 0.296 bits per heavy atom. The normalized spacial score (nSPS) is 13.1. The van der Waals surface area contributed by atoms with Crippen molar-refractivity contribution in [3.05, 3.63) is 216 Å². The lowest BCUT2D eigenvalue weighted by Crippen LogP contribution is -2.10. The Morgan fingerprint density at radius 2 is 0.654 bits per heavy atom. The Bertz CT molecular complexity index is 4380. The molecule has 0 fully saturated rings. The van der Waals surface area contributed by atoms with Crippen molar-refractivity contribution >= 4 is 76.2 Å². The average molecular weight is 1070 g/mol. The molecule has 7 heteroatoms. The van der Waals surface area contributed by atoms with Crippen LogP contribution in [0.25, 0.3) is 116 Å². The van der Waals surface area contributed by atoms with E-state index < -0.39 is 11.7 Å². The molecule has 0 aliphatic carbocycles. The van der Waals surface area contributed by atoms with Crippen LogP contribution in [0.1, 0.15) is 111 Å². The predicted octanol–water partition coefficient (Wildman–Crippen LogP) is 21.1. The summed E-state index contributed by atoms with van der Waals surface area (Å²) in [6.45, 7) is 27.4. The van der Waals surface area contributed by atoms with Crippen LogP contribution in [0.4, 0.5) is 13.2 Å². The Labute approximate surface area is 472 Å². The lowest BCUT2D eigenvalue weighted by atomic mass is 9.85. The first-order valence-corrected chi connectivity index (χ1v) is 28.3. The molecule has 0 amide bonds. The summed E-state index contributed by atoms with van der Waals surface area (Å²) in [7, 11) is 0. The van der Waals surface area contributed by atoms with Gasteiger partial charge in [0.15, 0.2) is 0 Å². The van der Waals surface area contributed by atoms with Crippen molar-refractivity contribution in [2.24, 2.45) is 0 Å². The minimum absolute atomic E-state index is 0.0526. The average Bonchev–Trinajstić information content (AvgIpc) is 4.34. The van der Waals surface area contributed by atoms with Crippen molar-refractivity contribution in [1.82, 2.24) is 18.7 Å². The predicted molar refractivity (Wildman–Crippen MR) is 335 cm³/mol. The van der Waals surface area contributed by atoms with E-state index in [4.69, 9.17) is 4.98 Å². The zero-order valence-corrected chi connectivity index (χ0v) is 48.3. The van der Waals surface area contributed by atoms with Crippen molar-refractivity contribution in [1.29, 1.82) is 0 Å². The molecule has 0 unspecified atom stereocenters. The van der Waals surface area contributed by atoms with Gasteiger partial charge in [0.25, 0.3) is 0 Å². The van der Waals surface area contributed by atoms with Gasteiger partial charge in [0.1, 0.15) is 5.82 Å². The lowest BCUT2D eigenvalue weighted by Gasteiger charge is -2.20. The molecule has 0 aliphatic rings. The first-order chi connectivity index (χ1) is 38.3. The molecular weight excluding hydrogens is 1000 g/mol. The minimum atomic E-state index is -4.48. The van der Waals surface area contributed by atoms with Gasteiger partial charge in [0.05, 0.1) is 38.7 Å². The van der Waals surface area contributed by atoms with Gasteiger partial charge >= 0.3 is 6.18 Å². The number of hydrogen-bond donors (Lipinski definition) is 0. The second-order valence-electron chi connectivity index (χ2n) is 26.5. The van der Waals surface area contributed by atoms with Crippen LogP contribution in [0.15, 0.2) is 188 Å². The van der Waals surface area contributed by atoms with Crippen LogP contribution in [-0.4, -0.2) is 18.7 Å². The third kappa shape index (κ3) is 8.70. The first-order valence-electron chi connectivity index (χ1n) is 28.3. The molecule has 0 N–H and O–H groups in total. The highest BCUT2D eigenvalue weighted by Crippen LogP contribution is 2.44. The summed E-state index contributed by atoms with van der Waals surface area (Å²) in [5.74, 6) is 0.635. The standard InChI is InChI=1S/C74H67F3N4/c1-70(2,3)48-27-33-63-59(39-48)60-40-49(71(4,5)6)28-34-64(60)79(63)53-37-46(38-54(43-53)80-65-35-29-50(72(7,8)9)41-61(65)62-42-51(73(10,11)12)30-36-66(62)80)44-21-23-45(24-22-44)69-78-67-57-19-15-13-17-55(57)56-18-14-16-20-58(56)68(67)81(69)52-31-25-47(26-32-52)74(75,76)77/h13-43H,1-12H3. The minimum Gasteiger partial charge on any atom is -0.309 e. The quantitative estimate of drug-likeness (QED) is 0.158. The van der Waals surface area contributed by atoms with E-state index in [0.717, 1.165) is 94.8 Å². The molecule has 404 valence electrons. The Kier molecular flexibility index (Phi) is 11.6. The smallest absolute Gasteiger partial charge is 0.309 e. The largest absolute Gasteiger partial charge is 0.416 e. The molecule has 0 atom stereocenters. The summed E-state index contributed by atoms with van der Waals surface area (Å²) < 4.78 is 49.2. The summed E-state index contributed by atoms with van der Waals surface area (Å²) in [6, 6.07) is 65.5. The third-order valence-electron chi connectivity index (χ3n) is 16.9. The maximum atomic E-state index is 14.1. The van der Waals surface area contributed by atoms with Crippen molar-refractivity contribution in [2.75, 3.05) is 0 Å². The topological polar surface area (TPSA) is 27.7 Å². The van der Waals surface area contributed by atoms with Crippen molar-refractivity contribution in [3.8, 4) is 39.6 Å². The molecule has 0 saturated heterocycles. The number of rotatable bonds is 5. The fourth-order valence-electron chi connectivity index (χ4n) is 12.3. The number of hydrogen-bond acceptors (Lipinski definition) is 1. The van der Waals surface area contributed by atoms with E-state index in [2.05, 4.69) is 232 Å². The van der Waals surface area contributed by atoms with Gasteiger partial charge in [-0.05, 0) is 157 Å². The summed E-state index contributed by atoms with van der Waals surface area (Å²) in [5, 5.41) is 8.93. The number of alkyl halides is 3. The molecule has 13 aromatic rings. The highest BCUT2D eigenvalue weighted by atomic mass is 19.4. The van der Waals surface area contributed by atoms with E-state index in [9.17, 15) is 13.2 Å². The highest BCUT2D eigenvalue weighted by Gasteiger charge is 2.31. The van der Waals surface area contributed by atoms with Gasteiger partial charge in [-0.25, -0.2) is 4.98 Å². The van der Waals surface area contributed by atoms with Crippen LogP contribution in [-0.2, 0) is 27.8 Å². The molecule has 3 heterocycles. The monoisotopic (exact) mass is 1070 g/mol. The van der Waals surface area contributed by atoms with Crippen LogP contribution in [0, 0.1) is 0 Å². The zero-order valence-electron chi connectivity index (χ0n) is 48.3. The number of nitrogens with zero attached hydrogens (tertiary/aromatic N) is 4. The molecule has 0 bridgehead atoms. The second-order valence-corrected chi connectivity index (χ2v) is 26.5. The van der Waals surface area contributed by atoms with E-state index in [1.165, 1.54) is 43.8 Å². The van der Waals surface area contributed by atoms with Crippen LogP contribution in [0.2, 0.25) is 0 Å². The van der Waals surface area contributed by atoms with E-state index in [-0.39, 0.29) is 21.7 Å². The molecule has 0 radical (unpaired) electrons. The summed E-state index contributed by atoms with van der Waals surface area (Å²) in [6.07, 6.45) is -4.48. The van der Waals surface area contributed by atoms with Crippen molar-refractivity contribution in [3.63, 3.8) is 0 Å². The molecule has 10 aromatic carbocycles. The van der Waals surface area contributed by atoms with Crippen LogP contribution in [0.5, 0.6) is 0 Å². The van der Waals surface area contributed by atoms with Crippen molar-refractivity contribution < 1.29 is 13.2 Å². The molecule has 81 heavy (non-hydrogen) atoms. The number of benzene rings is 10. The lowest BCUT2D eigenvalue weighted by molar-refractivity contribution is -0.137. The fourth-order valence-corrected chi connectivity index (χ4v) is 12.3. The van der Waals surface area contributed by atoms with Gasteiger partial charge in [-0.2, -0.15) is 13.2 Å². The van der Waals surface area contributed by atoms with Crippen LogP contribution < -0.4 is 0 Å². The Morgan fingerprint density at radius 3 is 1.05 bits per heavy atom. The van der Waals surface area contributed by atoms with Crippen LogP contribution >= 0.6 is 0 Å². The number of fused-ring (bicyclic) bond motifs is 12. The van der Waals surface area contributed by atoms with Gasteiger partial charge in [-0.3, -0.25) is 4.57 Å². The second kappa shape index (κ2) is 18.0. The molecule has 3 aromatic heterocycles. The summed E-state index contributed by atoms with van der Waals surface area (Å²) in [5.41, 5.74) is 15.9. The molecule has 0 saturated carbocycles. The van der Waals surface area contributed by atoms with E-state index in [1.807, 2.05) is 28.8 Å². The number of aromatic nitrogens is 4. The van der Waals surface area contributed by atoms with Gasteiger partial charge < -0.3 is 9.13 Å². The Balaban J connectivity index is 1.07. The van der Waals surface area contributed by atoms with Gasteiger partial charge in [-0.1, -0.05) is 180 Å². The van der Waals surface area contributed by atoms with Crippen molar-refractivity contribution in [2.45, 2.75) is 111 Å². The van der Waals surface area contributed by atoms with Gasteiger partial charge in [0, 0.05) is 54.9 Å². The highest BCUT2D eigenvalue weighted by molar-refractivity contribution is 6.24. The van der Waals surface area contributed by atoms with E-state index in [0.29, 0.717) is 11.5 Å². The van der Waals surface area contributed by atoms with Crippen LogP contribution in [0.3, 0.4) is 0 Å². The molecule has 0 aliphatic heterocycles. The number of imidazole rings is 1. The first kappa shape index (κ1) is 52.0.